The van der Waals surface area contributed by atoms with Gasteiger partial charge in [0.25, 0.3) is 5.91 Å². The number of H-pyrrole nitrogens is 1. The molecule has 3 heterocycles. The zero-order valence-electron chi connectivity index (χ0n) is 13.9. The summed E-state index contributed by atoms with van der Waals surface area (Å²) in [6, 6.07) is 13.4. The fourth-order valence-electron chi connectivity index (χ4n) is 2.99. The van der Waals surface area contributed by atoms with Gasteiger partial charge in [-0.15, -0.1) is 0 Å². The summed E-state index contributed by atoms with van der Waals surface area (Å²) in [4.78, 5) is 12.3. The third kappa shape index (κ3) is 3.28. The number of carbonyl (C=O) groups is 1. The fraction of sp³-hybridized carbons (Fsp3) is 0.263. The number of nitrogens with one attached hydrogen (secondary N) is 2. The van der Waals surface area contributed by atoms with Crippen LogP contribution in [0.4, 0.5) is 0 Å². The predicted octanol–water partition coefficient (Wildman–Crippen LogP) is 2.96. The van der Waals surface area contributed by atoms with Crippen LogP contribution in [0.15, 0.2) is 46.9 Å². The van der Waals surface area contributed by atoms with Crippen LogP contribution in [0.2, 0.25) is 0 Å². The third-order valence-electron chi connectivity index (χ3n) is 4.32. The summed E-state index contributed by atoms with van der Waals surface area (Å²) in [7, 11) is 0. The van der Waals surface area contributed by atoms with E-state index >= 15 is 0 Å². The van der Waals surface area contributed by atoms with E-state index in [0.717, 1.165) is 17.9 Å². The van der Waals surface area contributed by atoms with E-state index in [1.165, 1.54) is 5.56 Å². The summed E-state index contributed by atoms with van der Waals surface area (Å²) in [5, 5.41) is 9.85. The standard InChI is InChI=1S/C19H19N3O3/c1-12-6-7-18(25-12)15-9-16(22-21-15)19(23)20-10-13-8-14-4-2-3-5-17(14)24-11-13/h2-7,9,13H,8,10-11H2,1H3,(H,20,23)(H,21,22). The molecule has 1 aromatic carbocycles. The highest BCUT2D eigenvalue weighted by molar-refractivity contribution is 5.93. The number of amides is 1. The number of aromatic amines is 1. The van der Waals surface area contributed by atoms with Gasteiger partial charge in [0.1, 0.15) is 17.2 Å². The first-order chi connectivity index (χ1) is 12.2. The molecule has 3 aromatic rings. The van der Waals surface area contributed by atoms with Crippen LogP contribution in [-0.2, 0) is 6.42 Å². The van der Waals surface area contributed by atoms with Crippen molar-refractivity contribution >= 4 is 5.91 Å². The minimum Gasteiger partial charge on any atom is -0.493 e. The van der Waals surface area contributed by atoms with E-state index < -0.39 is 0 Å². The molecule has 25 heavy (non-hydrogen) atoms. The molecule has 0 spiro atoms. The Morgan fingerprint density at radius 2 is 2.20 bits per heavy atom. The number of fused-ring (bicyclic) bond motifs is 1. The zero-order chi connectivity index (χ0) is 17.2. The van der Waals surface area contributed by atoms with E-state index in [1.807, 2.05) is 37.3 Å². The Morgan fingerprint density at radius 1 is 1.32 bits per heavy atom. The molecular formula is C19H19N3O3. The number of aromatic nitrogens is 2. The monoisotopic (exact) mass is 337 g/mol. The van der Waals surface area contributed by atoms with Crippen LogP contribution < -0.4 is 10.1 Å². The van der Waals surface area contributed by atoms with Gasteiger partial charge in [-0.1, -0.05) is 18.2 Å². The normalized spacial score (nSPS) is 16.1. The maximum absolute atomic E-state index is 12.3. The summed E-state index contributed by atoms with van der Waals surface area (Å²) in [6.45, 7) is 3.03. The van der Waals surface area contributed by atoms with E-state index in [-0.39, 0.29) is 11.8 Å². The van der Waals surface area contributed by atoms with Crippen molar-refractivity contribution in [3.8, 4) is 17.2 Å². The first-order valence-electron chi connectivity index (χ1n) is 8.30. The lowest BCUT2D eigenvalue weighted by Crippen LogP contribution is -2.34. The highest BCUT2D eigenvalue weighted by atomic mass is 16.5. The van der Waals surface area contributed by atoms with Crippen molar-refractivity contribution in [2.24, 2.45) is 5.92 Å². The number of carbonyl (C=O) groups excluding carboxylic acids is 1. The molecule has 1 atom stereocenters. The highest BCUT2D eigenvalue weighted by Gasteiger charge is 2.21. The van der Waals surface area contributed by atoms with E-state index in [4.69, 9.17) is 9.15 Å². The van der Waals surface area contributed by atoms with Gasteiger partial charge < -0.3 is 14.5 Å². The second-order valence-corrected chi connectivity index (χ2v) is 6.28. The van der Waals surface area contributed by atoms with Crippen LogP contribution in [0.1, 0.15) is 21.8 Å². The van der Waals surface area contributed by atoms with Gasteiger partial charge in [0.15, 0.2) is 11.5 Å². The molecule has 0 radical (unpaired) electrons. The molecule has 0 bridgehead atoms. The van der Waals surface area contributed by atoms with Crippen LogP contribution in [0, 0.1) is 12.8 Å². The van der Waals surface area contributed by atoms with Crippen LogP contribution in [0.5, 0.6) is 5.75 Å². The van der Waals surface area contributed by atoms with Crippen molar-refractivity contribution in [1.82, 2.24) is 15.5 Å². The fourth-order valence-corrected chi connectivity index (χ4v) is 2.99. The van der Waals surface area contributed by atoms with Crippen molar-refractivity contribution in [2.75, 3.05) is 13.2 Å². The quantitative estimate of drug-likeness (QED) is 0.767. The van der Waals surface area contributed by atoms with E-state index in [0.29, 0.717) is 30.3 Å². The van der Waals surface area contributed by atoms with E-state index in [9.17, 15) is 4.79 Å². The number of benzene rings is 1. The number of hydrogen-bond donors (Lipinski definition) is 2. The SMILES string of the molecule is Cc1ccc(-c2cc(C(=O)NCC3COc4ccccc4C3)n[nH]2)o1. The lowest BCUT2D eigenvalue weighted by Gasteiger charge is -2.25. The Balaban J connectivity index is 1.36. The molecule has 6 heteroatoms. The number of furan rings is 1. The smallest absolute Gasteiger partial charge is 0.271 e. The van der Waals surface area contributed by atoms with Crippen LogP contribution in [-0.4, -0.2) is 29.3 Å². The molecule has 0 saturated heterocycles. The highest BCUT2D eigenvalue weighted by Crippen LogP contribution is 2.26. The van der Waals surface area contributed by atoms with E-state index in [2.05, 4.69) is 21.6 Å². The lowest BCUT2D eigenvalue weighted by molar-refractivity contribution is 0.0934. The average Bonchev–Trinajstić information content (AvgIpc) is 3.28. The Kier molecular flexibility index (Phi) is 4.01. The molecule has 1 unspecified atom stereocenters. The first-order valence-corrected chi connectivity index (χ1v) is 8.30. The number of nitrogens with zero attached hydrogens (tertiary/aromatic N) is 1. The van der Waals surface area contributed by atoms with Gasteiger partial charge in [0, 0.05) is 18.5 Å². The third-order valence-corrected chi connectivity index (χ3v) is 4.32. The number of aryl methyl sites for hydroxylation is 1. The van der Waals surface area contributed by atoms with Gasteiger partial charge in [-0.05, 0) is 37.1 Å². The Hall–Kier alpha value is -3.02. The van der Waals surface area contributed by atoms with Gasteiger partial charge in [0.05, 0.1) is 6.61 Å². The first kappa shape index (κ1) is 15.5. The number of para-hydroxylation sites is 1. The minimum atomic E-state index is -0.204. The second-order valence-electron chi connectivity index (χ2n) is 6.28. The summed E-state index contributed by atoms with van der Waals surface area (Å²) in [5.74, 6) is 2.47. The Morgan fingerprint density at radius 3 is 3.04 bits per heavy atom. The molecule has 2 N–H and O–H groups in total. The van der Waals surface area contributed by atoms with Crippen LogP contribution in [0.3, 0.4) is 0 Å². The van der Waals surface area contributed by atoms with Gasteiger partial charge in [-0.25, -0.2) is 0 Å². The molecule has 6 nitrogen and oxygen atoms in total. The predicted molar refractivity (Wildman–Crippen MR) is 92.5 cm³/mol. The second kappa shape index (κ2) is 6.47. The molecule has 1 aliphatic rings. The van der Waals surface area contributed by atoms with Gasteiger partial charge >= 0.3 is 0 Å². The Bertz CT molecular complexity index is 897. The molecule has 1 amide bonds. The molecule has 128 valence electrons. The molecule has 2 aromatic heterocycles. The molecular weight excluding hydrogens is 318 g/mol. The molecule has 0 aliphatic carbocycles. The maximum atomic E-state index is 12.3. The maximum Gasteiger partial charge on any atom is 0.271 e. The van der Waals surface area contributed by atoms with Crippen molar-refractivity contribution < 1.29 is 13.9 Å². The van der Waals surface area contributed by atoms with Gasteiger partial charge in [-0.2, -0.15) is 5.10 Å². The summed E-state index contributed by atoms with van der Waals surface area (Å²) in [6.07, 6.45) is 0.897. The molecule has 1 aliphatic heterocycles. The van der Waals surface area contributed by atoms with Gasteiger partial charge in [-0.3, -0.25) is 9.89 Å². The van der Waals surface area contributed by atoms with Crippen LogP contribution >= 0.6 is 0 Å². The van der Waals surface area contributed by atoms with Gasteiger partial charge in [0.2, 0.25) is 0 Å². The number of rotatable bonds is 4. The molecule has 0 saturated carbocycles. The summed E-state index contributed by atoms with van der Waals surface area (Å²) in [5.41, 5.74) is 2.22. The largest absolute Gasteiger partial charge is 0.493 e. The van der Waals surface area contributed by atoms with Crippen molar-refractivity contribution in [3.05, 3.63) is 59.5 Å². The molecule has 4 rings (SSSR count). The van der Waals surface area contributed by atoms with Crippen molar-refractivity contribution in [1.29, 1.82) is 0 Å². The van der Waals surface area contributed by atoms with E-state index in [1.54, 1.807) is 6.07 Å². The summed E-state index contributed by atoms with van der Waals surface area (Å²) < 4.78 is 11.3. The Labute approximate surface area is 145 Å². The average molecular weight is 337 g/mol. The molecule has 0 fully saturated rings. The zero-order valence-corrected chi connectivity index (χ0v) is 13.9. The summed E-state index contributed by atoms with van der Waals surface area (Å²) >= 11 is 0. The van der Waals surface area contributed by atoms with Crippen molar-refractivity contribution in [3.63, 3.8) is 0 Å². The van der Waals surface area contributed by atoms with Crippen LogP contribution in [0.25, 0.3) is 11.5 Å². The number of ether oxygens (including phenoxy) is 1. The minimum absolute atomic E-state index is 0.204. The topological polar surface area (TPSA) is 80.1 Å². The van der Waals surface area contributed by atoms with Crippen molar-refractivity contribution in [2.45, 2.75) is 13.3 Å². The number of hydrogen-bond acceptors (Lipinski definition) is 4. The lowest BCUT2D eigenvalue weighted by atomic mass is 9.97.